The molecule has 0 saturated carbocycles. The number of aromatic nitrogens is 1. The molecule has 88 valence electrons. The van der Waals surface area contributed by atoms with Crippen molar-refractivity contribution < 1.29 is 13.2 Å². The summed E-state index contributed by atoms with van der Waals surface area (Å²) in [4.78, 5) is 3.81. The summed E-state index contributed by atoms with van der Waals surface area (Å²) in [6.45, 7) is 1.67. The van der Waals surface area contributed by atoms with Gasteiger partial charge in [-0.1, -0.05) is 0 Å². The largest absolute Gasteiger partial charge is 0.383 e. The Bertz CT molecular complexity index is 559. The van der Waals surface area contributed by atoms with Gasteiger partial charge >= 0.3 is 0 Å². The molecule has 0 fully saturated rings. The molecule has 0 aliphatic rings. The Labute approximate surface area is 95.9 Å². The molecule has 0 radical (unpaired) electrons. The predicted molar refractivity (Wildman–Crippen MR) is 58.7 cm³/mol. The van der Waals surface area contributed by atoms with E-state index in [0.29, 0.717) is 17.7 Å². The fraction of sp³-hybridized carbons (Fsp3) is 0.0833. The van der Waals surface area contributed by atoms with E-state index < -0.39 is 17.5 Å². The highest BCUT2D eigenvalue weighted by Gasteiger charge is 2.14. The zero-order chi connectivity index (χ0) is 12.6. The van der Waals surface area contributed by atoms with E-state index in [0.717, 1.165) is 0 Å². The van der Waals surface area contributed by atoms with Crippen LogP contribution in [0.4, 0.5) is 19.0 Å². The molecule has 1 aromatic heterocycles. The topological polar surface area (TPSA) is 38.9 Å². The average molecular weight is 238 g/mol. The number of nitrogen functional groups attached to an aromatic ring is 1. The van der Waals surface area contributed by atoms with Crippen molar-refractivity contribution in [2.24, 2.45) is 0 Å². The van der Waals surface area contributed by atoms with Crippen LogP contribution in [0.25, 0.3) is 11.1 Å². The smallest absolute Gasteiger partial charge is 0.136 e. The molecule has 2 rings (SSSR count). The quantitative estimate of drug-likeness (QED) is 0.829. The van der Waals surface area contributed by atoms with Gasteiger partial charge < -0.3 is 5.73 Å². The van der Waals surface area contributed by atoms with Gasteiger partial charge in [0, 0.05) is 23.9 Å². The van der Waals surface area contributed by atoms with Crippen molar-refractivity contribution in [1.29, 1.82) is 0 Å². The molecule has 0 amide bonds. The van der Waals surface area contributed by atoms with Gasteiger partial charge in [0.1, 0.15) is 23.3 Å². The molecule has 0 aliphatic heterocycles. The Morgan fingerprint density at radius 3 is 2.18 bits per heavy atom. The summed E-state index contributed by atoms with van der Waals surface area (Å²) in [6.07, 6.45) is 1.25. The Kier molecular flexibility index (Phi) is 2.75. The van der Waals surface area contributed by atoms with Gasteiger partial charge in [-0.3, -0.25) is 0 Å². The zero-order valence-electron chi connectivity index (χ0n) is 8.97. The van der Waals surface area contributed by atoms with Crippen LogP contribution < -0.4 is 5.73 Å². The van der Waals surface area contributed by atoms with Gasteiger partial charge in [0.15, 0.2) is 0 Å². The lowest BCUT2D eigenvalue weighted by Gasteiger charge is -2.07. The standard InChI is InChI=1S/C12H9F3N2/c1-6-2-7(5-17-12(6)16)11-9(14)3-8(13)4-10(11)15/h2-5H,1H3,(H2,16,17). The lowest BCUT2D eigenvalue weighted by Crippen LogP contribution is -1.97. The van der Waals surface area contributed by atoms with E-state index in [1.807, 2.05) is 0 Å². The van der Waals surface area contributed by atoms with Crippen molar-refractivity contribution in [3.05, 3.63) is 47.4 Å². The second kappa shape index (κ2) is 4.08. The number of hydrogen-bond acceptors (Lipinski definition) is 2. The Morgan fingerprint density at radius 1 is 1.06 bits per heavy atom. The van der Waals surface area contributed by atoms with Crippen LogP contribution in [-0.2, 0) is 0 Å². The van der Waals surface area contributed by atoms with Crippen LogP contribution in [0, 0.1) is 24.4 Å². The number of halogens is 3. The van der Waals surface area contributed by atoms with E-state index in [-0.39, 0.29) is 16.9 Å². The molecule has 0 atom stereocenters. The van der Waals surface area contributed by atoms with Crippen molar-refractivity contribution >= 4 is 5.82 Å². The summed E-state index contributed by atoms with van der Waals surface area (Å²) in [7, 11) is 0. The van der Waals surface area contributed by atoms with Crippen molar-refractivity contribution in [2.75, 3.05) is 5.73 Å². The lowest BCUT2D eigenvalue weighted by molar-refractivity contribution is 0.548. The summed E-state index contributed by atoms with van der Waals surface area (Å²) in [6, 6.07) is 2.76. The first-order chi connectivity index (χ1) is 7.99. The van der Waals surface area contributed by atoms with Gasteiger partial charge in [-0.05, 0) is 18.6 Å². The second-order valence-electron chi connectivity index (χ2n) is 3.67. The van der Waals surface area contributed by atoms with Crippen molar-refractivity contribution in [1.82, 2.24) is 4.98 Å². The second-order valence-corrected chi connectivity index (χ2v) is 3.67. The summed E-state index contributed by atoms with van der Waals surface area (Å²) in [5.74, 6) is -2.59. The van der Waals surface area contributed by atoms with E-state index in [9.17, 15) is 13.2 Å². The molecule has 0 saturated heterocycles. The number of nitrogens with zero attached hydrogens (tertiary/aromatic N) is 1. The minimum absolute atomic E-state index is 0.228. The maximum absolute atomic E-state index is 13.5. The number of benzene rings is 1. The number of nitrogens with two attached hydrogens (primary N) is 1. The fourth-order valence-corrected chi connectivity index (χ4v) is 1.54. The highest BCUT2D eigenvalue weighted by Crippen LogP contribution is 2.27. The van der Waals surface area contributed by atoms with E-state index >= 15 is 0 Å². The van der Waals surface area contributed by atoms with Crippen LogP contribution in [-0.4, -0.2) is 4.98 Å². The molecule has 17 heavy (non-hydrogen) atoms. The summed E-state index contributed by atoms with van der Waals surface area (Å²) < 4.78 is 39.7. The van der Waals surface area contributed by atoms with Crippen LogP contribution >= 0.6 is 0 Å². The average Bonchev–Trinajstić information content (AvgIpc) is 2.21. The molecular formula is C12H9F3N2. The van der Waals surface area contributed by atoms with Gasteiger partial charge in [-0.2, -0.15) is 0 Å². The Balaban J connectivity index is 2.64. The number of rotatable bonds is 1. The van der Waals surface area contributed by atoms with E-state index in [4.69, 9.17) is 5.73 Å². The molecular weight excluding hydrogens is 229 g/mol. The SMILES string of the molecule is Cc1cc(-c2c(F)cc(F)cc2F)cnc1N. The predicted octanol–water partition coefficient (Wildman–Crippen LogP) is 3.06. The van der Waals surface area contributed by atoms with Gasteiger partial charge in [-0.25, -0.2) is 18.2 Å². The first-order valence-electron chi connectivity index (χ1n) is 4.86. The van der Waals surface area contributed by atoms with Crippen molar-refractivity contribution in [3.63, 3.8) is 0 Å². The molecule has 5 heteroatoms. The molecule has 0 spiro atoms. The Hall–Kier alpha value is -2.04. The third kappa shape index (κ3) is 2.08. The van der Waals surface area contributed by atoms with Crippen LogP contribution in [0.3, 0.4) is 0 Å². The number of aryl methyl sites for hydroxylation is 1. The van der Waals surface area contributed by atoms with Crippen LogP contribution in [0.2, 0.25) is 0 Å². The normalized spacial score (nSPS) is 10.6. The highest BCUT2D eigenvalue weighted by atomic mass is 19.1. The zero-order valence-corrected chi connectivity index (χ0v) is 8.97. The molecule has 2 nitrogen and oxygen atoms in total. The minimum atomic E-state index is -0.964. The lowest BCUT2D eigenvalue weighted by atomic mass is 10.0. The third-order valence-electron chi connectivity index (χ3n) is 2.41. The first kappa shape index (κ1) is 11.4. The molecule has 1 aromatic carbocycles. The maximum Gasteiger partial charge on any atom is 0.136 e. The number of anilines is 1. The van der Waals surface area contributed by atoms with E-state index in [1.165, 1.54) is 12.3 Å². The third-order valence-corrected chi connectivity index (χ3v) is 2.41. The van der Waals surface area contributed by atoms with Crippen molar-refractivity contribution in [2.45, 2.75) is 6.92 Å². The van der Waals surface area contributed by atoms with Crippen LogP contribution in [0.15, 0.2) is 24.4 Å². The van der Waals surface area contributed by atoms with Gasteiger partial charge in [0.05, 0.1) is 5.56 Å². The molecule has 0 unspecified atom stereocenters. The maximum atomic E-state index is 13.5. The van der Waals surface area contributed by atoms with Gasteiger partial charge in [0.2, 0.25) is 0 Å². The summed E-state index contributed by atoms with van der Waals surface area (Å²) in [5, 5.41) is 0. The minimum Gasteiger partial charge on any atom is -0.383 e. The van der Waals surface area contributed by atoms with Gasteiger partial charge in [-0.15, -0.1) is 0 Å². The molecule has 0 bridgehead atoms. The summed E-state index contributed by atoms with van der Waals surface area (Å²) >= 11 is 0. The summed E-state index contributed by atoms with van der Waals surface area (Å²) in [5.41, 5.74) is 6.04. The van der Waals surface area contributed by atoms with Crippen LogP contribution in [0.5, 0.6) is 0 Å². The van der Waals surface area contributed by atoms with E-state index in [1.54, 1.807) is 6.92 Å². The van der Waals surface area contributed by atoms with Gasteiger partial charge in [0.25, 0.3) is 0 Å². The number of hydrogen-bond donors (Lipinski definition) is 1. The molecule has 0 aliphatic carbocycles. The fourth-order valence-electron chi connectivity index (χ4n) is 1.54. The molecule has 2 aromatic rings. The monoisotopic (exact) mass is 238 g/mol. The Morgan fingerprint density at radius 2 is 1.65 bits per heavy atom. The van der Waals surface area contributed by atoms with Crippen molar-refractivity contribution in [3.8, 4) is 11.1 Å². The first-order valence-corrected chi connectivity index (χ1v) is 4.86. The van der Waals surface area contributed by atoms with Crippen LogP contribution in [0.1, 0.15) is 5.56 Å². The number of pyridine rings is 1. The highest BCUT2D eigenvalue weighted by molar-refractivity contribution is 5.66. The van der Waals surface area contributed by atoms with E-state index in [2.05, 4.69) is 4.98 Å². The molecule has 1 heterocycles. The molecule has 2 N–H and O–H groups in total.